The summed E-state index contributed by atoms with van der Waals surface area (Å²) in [4.78, 5) is 29.1. The molecule has 0 spiro atoms. The molecule has 0 atom stereocenters. The smallest absolute Gasteiger partial charge is 0.225 e. The van der Waals surface area contributed by atoms with Crippen LogP contribution in [0, 0.1) is 11.3 Å². The largest absolute Gasteiger partial charge is 0.467 e. The van der Waals surface area contributed by atoms with Crippen molar-refractivity contribution in [2.45, 2.75) is 54.1 Å². The Balaban J connectivity index is 2.30. The first kappa shape index (κ1) is 23.5. The van der Waals surface area contributed by atoms with Crippen molar-refractivity contribution in [3.8, 4) is 0 Å². The molecule has 6 heteroatoms. The van der Waals surface area contributed by atoms with Crippen LogP contribution in [-0.2, 0) is 22.7 Å². The molecule has 1 aromatic carbocycles. The Kier molecular flexibility index (Phi) is 7.71. The molecule has 0 aliphatic rings. The zero-order valence-electron chi connectivity index (χ0n) is 19.3. The fraction of sp³-hybridized carbons (Fsp3) is 0.500. The van der Waals surface area contributed by atoms with Crippen LogP contribution in [0.5, 0.6) is 0 Å². The molecule has 2 aromatic rings. The Labute approximate surface area is 180 Å². The molecule has 1 N–H and O–H groups in total. The number of carbonyl (C=O) groups excluding carboxylic acids is 2. The fourth-order valence-electron chi connectivity index (χ4n) is 3.29. The average Bonchev–Trinajstić information content (AvgIpc) is 3.11. The third-order valence-electron chi connectivity index (χ3n) is 4.63. The van der Waals surface area contributed by atoms with Crippen LogP contribution in [0.3, 0.4) is 0 Å². The maximum atomic E-state index is 12.9. The van der Waals surface area contributed by atoms with Gasteiger partial charge >= 0.3 is 0 Å². The fourth-order valence-corrected chi connectivity index (χ4v) is 3.29. The highest BCUT2D eigenvalue weighted by atomic mass is 16.3. The van der Waals surface area contributed by atoms with E-state index >= 15 is 0 Å². The van der Waals surface area contributed by atoms with Gasteiger partial charge in [-0.3, -0.25) is 9.59 Å². The predicted octanol–water partition coefficient (Wildman–Crippen LogP) is 4.91. The van der Waals surface area contributed by atoms with Gasteiger partial charge in [0.15, 0.2) is 0 Å². The third kappa shape index (κ3) is 6.94. The van der Waals surface area contributed by atoms with Gasteiger partial charge in [-0.1, -0.05) is 34.6 Å². The minimum absolute atomic E-state index is 0.0169. The molecule has 1 aromatic heterocycles. The van der Waals surface area contributed by atoms with Crippen molar-refractivity contribution in [3.63, 3.8) is 0 Å². The van der Waals surface area contributed by atoms with Crippen molar-refractivity contribution in [3.05, 3.63) is 47.9 Å². The molecule has 0 fully saturated rings. The van der Waals surface area contributed by atoms with Crippen LogP contribution in [0.4, 0.5) is 11.4 Å². The Morgan fingerprint density at radius 1 is 1.10 bits per heavy atom. The number of furan rings is 1. The molecule has 2 amide bonds. The molecule has 1 heterocycles. The molecule has 0 bridgehead atoms. The maximum Gasteiger partial charge on any atom is 0.225 e. The Bertz CT molecular complexity index is 849. The van der Waals surface area contributed by atoms with Crippen LogP contribution in [0.15, 0.2) is 41.0 Å². The summed E-state index contributed by atoms with van der Waals surface area (Å²) in [6.07, 6.45) is 2.05. The van der Waals surface area contributed by atoms with E-state index in [-0.39, 0.29) is 23.1 Å². The van der Waals surface area contributed by atoms with Crippen LogP contribution < -0.4 is 10.2 Å². The monoisotopic (exact) mass is 413 g/mol. The molecule has 6 nitrogen and oxygen atoms in total. The topological polar surface area (TPSA) is 65.8 Å². The van der Waals surface area contributed by atoms with Crippen molar-refractivity contribution < 1.29 is 14.0 Å². The zero-order chi connectivity index (χ0) is 22.5. The van der Waals surface area contributed by atoms with Gasteiger partial charge in [0.05, 0.1) is 12.8 Å². The number of hydrogen-bond donors (Lipinski definition) is 1. The van der Waals surface area contributed by atoms with Gasteiger partial charge in [-0.25, -0.2) is 0 Å². The van der Waals surface area contributed by atoms with Gasteiger partial charge in [0, 0.05) is 44.4 Å². The summed E-state index contributed by atoms with van der Waals surface area (Å²) in [5.41, 5.74) is 2.62. The predicted molar refractivity (Wildman–Crippen MR) is 121 cm³/mol. The normalized spacial score (nSPS) is 11.5. The summed E-state index contributed by atoms with van der Waals surface area (Å²) in [6, 6.07) is 9.53. The summed E-state index contributed by atoms with van der Waals surface area (Å²) in [5, 5.41) is 3.00. The molecule has 2 rings (SSSR count). The molecule has 0 saturated heterocycles. The summed E-state index contributed by atoms with van der Waals surface area (Å²) in [6.45, 7) is 10.7. The molecule has 0 saturated carbocycles. The SMILES string of the molecule is CC(C)C(=O)N(Cc1ccco1)Cc1cc(NC(=O)CC(C)(C)C)ccc1N(C)C. The van der Waals surface area contributed by atoms with Crippen molar-refractivity contribution in [2.75, 3.05) is 24.3 Å². The van der Waals surface area contributed by atoms with Gasteiger partial charge in [-0.15, -0.1) is 0 Å². The summed E-state index contributed by atoms with van der Waals surface area (Å²) in [7, 11) is 3.94. The maximum absolute atomic E-state index is 12.9. The average molecular weight is 414 g/mol. The molecule has 0 radical (unpaired) electrons. The van der Waals surface area contributed by atoms with Crippen LogP contribution in [0.1, 0.15) is 52.4 Å². The lowest BCUT2D eigenvalue weighted by atomic mass is 9.92. The number of nitrogens with one attached hydrogen (secondary N) is 1. The molecule has 0 unspecified atom stereocenters. The van der Waals surface area contributed by atoms with E-state index in [4.69, 9.17) is 4.42 Å². The first-order valence-corrected chi connectivity index (χ1v) is 10.4. The van der Waals surface area contributed by atoms with Crippen molar-refractivity contribution in [2.24, 2.45) is 11.3 Å². The summed E-state index contributed by atoms with van der Waals surface area (Å²) >= 11 is 0. The quantitative estimate of drug-likeness (QED) is 0.668. The van der Waals surface area contributed by atoms with E-state index < -0.39 is 0 Å². The van der Waals surface area contributed by atoms with Crippen LogP contribution in [0.25, 0.3) is 0 Å². The molecular weight excluding hydrogens is 378 g/mol. The number of anilines is 2. The van der Waals surface area contributed by atoms with Crippen molar-refractivity contribution in [1.82, 2.24) is 4.90 Å². The van der Waals surface area contributed by atoms with Gasteiger partial charge in [-0.05, 0) is 41.3 Å². The van der Waals surface area contributed by atoms with E-state index in [9.17, 15) is 9.59 Å². The number of hydrogen-bond acceptors (Lipinski definition) is 4. The minimum Gasteiger partial charge on any atom is -0.467 e. The van der Waals surface area contributed by atoms with E-state index in [0.717, 1.165) is 22.7 Å². The van der Waals surface area contributed by atoms with E-state index in [1.807, 2.05) is 83.9 Å². The Morgan fingerprint density at radius 2 is 1.80 bits per heavy atom. The van der Waals surface area contributed by atoms with Crippen LogP contribution >= 0.6 is 0 Å². The molecule has 164 valence electrons. The number of rotatable bonds is 8. The highest BCUT2D eigenvalue weighted by molar-refractivity contribution is 5.91. The van der Waals surface area contributed by atoms with Gasteiger partial charge in [-0.2, -0.15) is 0 Å². The van der Waals surface area contributed by atoms with Gasteiger partial charge < -0.3 is 19.5 Å². The first-order chi connectivity index (χ1) is 14.0. The van der Waals surface area contributed by atoms with Crippen LogP contribution in [0.2, 0.25) is 0 Å². The van der Waals surface area contributed by atoms with E-state index in [1.54, 1.807) is 11.2 Å². The van der Waals surface area contributed by atoms with E-state index in [1.165, 1.54) is 0 Å². The lowest BCUT2D eigenvalue weighted by Gasteiger charge is -2.27. The lowest BCUT2D eigenvalue weighted by Crippen LogP contribution is -2.33. The summed E-state index contributed by atoms with van der Waals surface area (Å²) in [5.74, 6) is 0.650. The third-order valence-corrected chi connectivity index (χ3v) is 4.63. The van der Waals surface area contributed by atoms with Gasteiger partial charge in [0.1, 0.15) is 5.76 Å². The standard InChI is InChI=1S/C24H35N3O3/c1-17(2)23(29)27(16-20-9-8-12-30-20)15-18-13-19(10-11-21(18)26(6)7)25-22(28)14-24(3,4)5/h8-13,17H,14-16H2,1-7H3,(H,25,28). The molecular formula is C24H35N3O3. The van der Waals surface area contributed by atoms with Gasteiger partial charge in [0.2, 0.25) is 11.8 Å². The van der Waals surface area contributed by atoms with Crippen molar-refractivity contribution in [1.29, 1.82) is 0 Å². The van der Waals surface area contributed by atoms with Crippen molar-refractivity contribution >= 4 is 23.2 Å². The first-order valence-electron chi connectivity index (χ1n) is 10.4. The second-order valence-electron chi connectivity index (χ2n) is 9.45. The van der Waals surface area contributed by atoms with Crippen LogP contribution in [-0.4, -0.2) is 30.8 Å². The second-order valence-corrected chi connectivity index (χ2v) is 9.45. The highest BCUT2D eigenvalue weighted by Gasteiger charge is 2.21. The van der Waals surface area contributed by atoms with Gasteiger partial charge in [0.25, 0.3) is 0 Å². The zero-order valence-corrected chi connectivity index (χ0v) is 19.3. The second kappa shape index (κ2) is 9.83. The molecule has 0 aliphatic heterocycles. The van der Waals surface area contributed by atoms with E-state index in [2.05, 4.69) is 5.32 Å². The number of benzene rings is 1. The Morgan fingerprint density at radius 3 is 2.33 bits per heavy atom. The molecule has 0 aliphatic carbocycles. The number of carbonyl (C=O) groups is 2. The molecule has 30 heavy (non-hydrogen) atoms. The lowest BCUT2D eigenvalue weighted by molar-refractivity contribution is -0.136. The minimum atomic E-state index is -0.127. The number of nitrogens with zero attached hydrogens (tertiary/aromatic N) is 2. The number of amides is 2. The highest BCUT2D eigenvalue weighted by Crippen LogP contribution is 2.27. The Hall–Kier alpha value is -2.76. The van der Waals surface area contributed by atoms with E-state index in [0.29, 0.717) is 19.5 Å². The summed E-state index contributed by atoms with van der Waals surface area (Å²) < 4.78 is 5.47.